The summed E-state index contributed by atoms with van der Waals surface area (Å²) < 4.78 is 17.5. The first-order chi connectivity index (χ1) is 8.72. The Labute approximate surface area is 109 Å². The Morgan fingerprint density at radius 3 is 2.50 bits per heavy atom. The molecule has 0 spiro atoms. The summed E-state index contributed by atoms with van der Waals surface area (Å²) in [7, 11) is 0. The Kier molecular flexibility index (Phi) is 4.41. The largest absolute Gasteiger partial charge is 0.371 e. The van der Waals surface area contributed by atoms with Crippen molar-refractivity contribution in [3.63, 3.8) is 0 Å². The molecule has 2 heterocycles. The van der Waals surface area contributed by atoms with E-state index in [9.17, 15) is 4.79 Å². The van der Waals surface area contributed by atoms with Crippen LogP contribution in [0.1, 0.15) is 40.0 Å². The van der Waals surface area contributed by atoms with Crippen LogP contribution in [0, 0.1) is 11.8 Å². The van der Waals surface area contributed by atoms with Crippen LogP contribution in [0.4, 0.5) is 0 Å². The van der Waals surface area contributed by atoms with E-state index in [0.717, 1.165) is 25.5 Å². The zero-order valence-corrected chi connectivity index (χ0v) is 11.6. The van der Waals surface area contributed by atoms with Crippen molar-refractivity contribution in [2.45, 2.75) is 58.0 Å². The van der Waals surface area contributed by atoms with Gasteiger partial charge in [-0.15, -0.1) is 0 Å². The Morgan fingerprint density at radius 1 is 1.33 bits per heavy atom. The summed E-state index contributed by atoms with van der Waals surface area (Å²) in [6.07, 6.45) is 3.74. The Bertz CT molecular complexity index is 288. The number of carbonyl (C=O) groups is 1. The molecule has 0 saturated carbocycles. The molecule has 0 aliphatic carbocycles. The maximum Gasteiger partial charge on any atom is 0.163 e. The number of ether oxygens (including phenoxy) is 3. The molecule has 0 aromatic heterocycles. The minimum absolute atomic E-state index is 0.0519. The molecule has 2 saturated heterocycles. The van der Waals surface area contributed by atoms with Crippen LogP contribution < -0.4 is 0 Å². The van der Waals surface area contributed by atoms with E-state index in [4.69, 9.17) is 14.2 Å². The molecule has 0 aromatic carbocycles. The monoisotopic (exact) mass is 256 g/mol. The van der Waals surface area contributed by atoms with Crippen molar-refractivity contribution in [1.29, 1.82) is 0 Å². The lowest BCUT2D eigenvalue weighted by Gasteiger charge is -2.35. The number of hydrogen-bond donors (Lipinski definition) is 0. The quantitative estimate of drug-likeness (QED) is 0.517. The minimum Gasteiger partial charge on any atom is -0.371 e. The van der Waals surface area contributed by atoms with Gasteiger partial charge in [-0.25, -0.2) is 0 Å². The number of rotatable bonds is 7. The van der Waals surface area contributed by atoms with Gasteiger partial charge >= 0.3 is 0 Å². The number of hydrogen-bond acceptors (Lipinski definition) is 4. The SMILES string of the molecule is CCOC(OCC)[C@@H]1[C@@H]2CC[C@@](CC)(O2)[C@@H]1C=O. The van der Waals surface area contributed by atoms with Gasteiger partial charge in [0.25, 0.3) is 0 Å². The Hall–Kier alpha value is -0.450. The van der Waals surface area contributed by atoms with Gasteiger partial charge in [-0.1, -0.05) is 6.92 Å². The van der Waals surface area contributed by atoms with E-state index in [1.165, 1.54) is 0 Å². The second-order valence-electron chi connectivity index (χ2n) is 5.13. The predicted octanol–water partition coefficient (Wildman–Crippen LogP) is 2.16. The van der Waals surface area contributed by atoms with Crippen molar-refractivity contribution in [3.8, 4) is 0 Å². The molecule has 0 N–H and O–H groups in total. The van der Waals surface area contributed by atoms with Crippen LogP contribution in [0.15, 0.2) is 0 Å². The van der Waals surface area contributed by atoms with Crippen LogP contribution in [0.2, 0.25) is 0 Å². The topological polar surface area (TPSA) is 44.8 Å². The number of carbonyl (C=O) groups excluding carboxylic acids is 1. The van der Waals surface area contributed by atoms with E-state index in [1.807, 2.05) is 13.8 Å². The average Bonchev–Trinajstić information content (AvgIpc) is 2.94. The van der Waals surface area contributed by atoms with Crippen LogP contribution in [0.5, 0.6) is 0 Å². The zero-order chi connectivity index (χ0) is 13.2. The zero-order valence-electron chi connectivity index (χ0n) is 11.6. The third-order valence-electron chi connectivity index (χ3n) is 4.41. The lowest BCUT2D eigenvalue weighted by Crippen LogP contribution is -2.44. The molecule has 0 unspecified atom stereocenters. The van der Waals surface area contributed by atoms with Crippen molar-refractivity contribution < 1.29 is 19.0 Å². The molecule has 2 rings (SSSR count). The van der Waals surface area contributed by atoms with E-state index >= 15 is 0 Å². The third kappa shape index (κ3) is 2.10. The second-order valence-corrected chi connectivity index (χ2v) is 5.13. The van der Waals surface area contributed by atoms with Crippen LogP contribution in [-0.4, -0.2) is 37.5 Å². The van der Waals surface area contributed by atoms with E-state index < -0.39 is 0 Å². The molecule has 4 nitrogen and oxygen atoms in total. The van der Waals surface area contributed by atoms with Gasteiger partial charge in [0.2, 0.25) is 0 Å². The first-order valence-corrected chi connectivity index (χ1v) is 7.08. The molecular weight excluding hydrogens is 232 g/mol. The van der Waals surface area contributed by atoms with Crippen LogP contribution in [-0.2, 0) is 19.0 Å². The first-order valence-electron chi connectivity index (χ1n) is 7.08. The molecule has 0 radical (unpaired) electrons. The van der Waals surface area contributed by atoms with E-state index in [1.54, 1.807) is 0 Å². The van der Waals surface area contributed by atoms with E-state index in [2.05, 4.69) is 6.92 Å². The summed E-state index contributed by atoms with van der Waals surface area (Å²) in [4.78, 5) is 11.5. The van der Waals surface area contributed by atoms with Crippen LogP contribution in [0.25, 0.3) is 0 Å². The predicted molar refractivity (Wildman–Crippen MR) is 67.2 cm³/mol. The molecular formula is C14H24O4. The van der Waals surface area contributed by atoms with Gasteiger partial charge in [0, 0.05) is 19.1 Å². The highest BCUT2D eigenvalue weighted by atomic mass is 16.7. The van der Waals surface area contributed by atoms with Gasteiger partial charge < -0.3 is 19.0 Å². The fraction of sp³-hybridized carbons (Fsp3) is 0.929. The summed E-state index contributed by atoms with van der Waals surface area (Å²) in [5.74, 6) is -0.0413. The highest BCUT2D eigenvalue weighted by Gasteiger charge is 2.60. The number of fused-ring (bicyclic) bond motifs is 2. The molecule has 2 aliphatic heterocycles. The smallest absolute Gasteiger partial charge is 0.163 e. The molecule has 4 heteroatoms. The lowest BCUT2D eigenvalue weighted by atomic mass is 9.71. The minimum atomic E-state index is -0.311. The maximum atomic E-state index is 11.5. The first kappa shape index (κ1) is 14.0. The standard InChI is InChI=1S/C14H24O4/c1-4-14-8-7-11(18-14)12(10(14)9-15)13(16-5-2)17-6-3/h9-13H,4-8H2,1-3H3/t10-,11+,12+,14-/m1/s1. The van der Waals surface area contributed by atoms with Gasteiger partial charge in [-0.3, -0.25) is 0 Å². The summed E-state index contributed by atoms with van der Waals surface area (Å²) in [5.41, 5.74) is -0.260. The molecule has 104 valence electrons. The van der Waals surface area contributed by atoms with Crippen molar-refractivity contribution in [2.24, 2.45) is 11.8 Å². The van der Waals surface area contributed by atoms with Gasteiger partial charge in [0.05, 0.1) is 17.6 Å². The van der Waals surface area contributed by atoms with Crippen LogP contribution >= 0.6 is 0 Å². The fourth-order valence-corrected chi connectivity index (χ4v) is 3.56. The highest BCUT2D eigenvalue weighted by molar-refractivity contribution is 5.58. The molecule has 18 heavy (non-hydrogen) atoms. The third-order valence-corrected chi connectivity index (χ3v) is 4.41. The summed E-state index contributed by atoms with van der Waals surface area (Å²) in [5, 5.41) is 0. The lowest BCUT2D eigenvalue weighted by molar-refractivity contribution is -0.183. The van der Waals surface area contributed by atoms with Crippen molar-refractivity contribution in [1.82, 2.24) is 0 Å². The van der Waals surface area contributed by atoms with Gasteiger partial charge in [-0.05, 0) is 33.1 Å². The van der Waals surface area contributed by atoms with E-state index in [0.29, 0.717) is 13.2 Å². The normalized spacial score (nSPS) is 38.6. The van der Waals surface area contributed by atoms with Crippen molar-refractivity contribution in [3.05, 3.63) is 0 Å². The molecule has 2 aliphatic rings. The Morgan fingerprint density at radius 2 is 2.00 bits per heavy atom. The fourth-order valence-electron chi connectivity index (χ4n) is 3.56. The van der Waals surface area contributed by atoms with Crippen molar-refractivity contribution in [2.75, 3.05) is 13.2 Å². The second kappa shape index (κ2) is 5.68. The molecule has 0 aromatic rings. The average molecular weight is 256 g/mol. The molecule has 2 bridgehead atoms. The molecule has 2 fully saturated rings. The summed E-state index contributed by atoms with van der Waals surface area (Å²) >= 11 is 0. The summed E-state index contributed by atoms with van der Waals surface area (Å²) in [6.45, 7) is 7.19. The number of aldehydes is 1. The Balaban J connectivity index is 2.18. The van der Waals surface area contributed by atoms with E-state index in [-0.39, 0.29) is 29.8 Å². The highest BCUT2D eigenvalue weighted by Crippen LogP contribution is 2.53. The molecule has 0 amide bonds. The van der Waals surface area contributed by atoms with Gasteiger partial charge in [0.15, 0.2) is 6.29 Å². The van der Waals surface area contributed by atoms with Crippen molar-refractivity contribution >= 4 is 6.29 Å². The molecule has 4 atom stereocenters. The summed E-state index contributed by atoms with van der Waals surface area (Å²) in [6, 6.07) is 0. The van der Waals surface area contributed by atoms with Crippen LogP contribution in [0.3, 0.4) is 0 Å². The van der Waals surface area contributed by atoms with Gasteiger partial charge in [0.1, 0.15) is 6.29 Å². The maximum absolute atomic E-state index is 11.5. The van der Waals surface area contributed by atoms with Gasteiger partial charge in [-0.2, -0.15) is 0 Å².